The van der Waals surface area contributed by atoms with Crippen molar-refractivity contribution in [1.29, 1.82) is 0 Å². The molecule has 0 bridgehead atoms. The molecule has 152 valence electrons. The Labute approximate surface area is 177 Å². The Balaban J connectivity index is 1.53. The number of amides is 1. The molecule has 0 fully saturated rings. The van der Waals surface area contributed by atoms with Gasteiger partial charge in [-0.05, 0) is 36.8 Å². The van der Waals surface area contributed by atoms with Crippen molar-refractivity contribution in [2.24, 2.45) is 7.05 Å². The van der Waals surface area contributed by atoms with Crippen LogP contribution in [0.4, 0.5) is 4.39 Å². The van der Waals surface area contributed by atoms with Crippen molar-refractivity contribution >= 4 is 29.3 Å². The van der Waals surface area contributed by atoms with Crippen molar-refractivity contribution in [3.05, 3.63) is 70.8 Å². The molecule has 0 aliphatic carbocycles. The Morgan fingerprint density at radius 3 is 2.69 bits per heavy atom. The summed E-state index contributed by atoms with van der Waals surface area (Å²) in [6.07, 6.45) is -0.367. The second-order valence-electron chi connectivity index (χ2n) is 6.28. The molecule has 0 aliphatic heterocycles. The molecule has 0 aliphatic rings. The number of carbonyl (C=O) groups excluding carboxylic acids is 1. The molecule has 1 atom stereocenters. The maximum Gasteiger partial charge on any atom is 0.230 e. The van der Waals surface area contributed by atoms with Crippen LogP contribution in [0.3, 0.4) is 0 Å². The highest BCUT2D eigenvalue weighted by atomic mass is 35.5. The minimum absolute atomic E-state index is 0.149. The van der Waals surface area contributed by atoms with Gasteiger partial charge in [-0.15, -0.1) is 10.2 Å². The fourth-order valence-electron chi connectivity index (χ4n) is 2.57. The van der Waals surface area contributed by atoms with E-state index in [-0.39, 0.29) is 23.6 Å². The molecule has 6 nitrogen and oxygen atoms in total. The van der Waals surface area contributed by atoms with Gasteiger partial charge in [0, 0.05) is 13.6 Å². The lowest BCUT2D eigenvalue weighted by Gasteiger charge is -2.15. The summed E-state index contributed by atoms with van der Waals surface area (Å²) in [4.78, 5) is 12.1. The predicted octanol–water partition coefficient (Wildman–Crippen LogP) is 4.16. The van der Waals surface area contributed by atoms with Crippen LogP contribution in [-0.4, -0.2) is 26.4 Å². The minimum Gasteiger partial charge on any atom is -0.481 e. The highest BCUT2D eigenvalue weighted by molar-refractivity contribution is 7.99. The molecule has 1 heterocycles. The van der Waals surface area contributed by atoms with Gasteiger partial charge in [-0.3, -0.25) is 4.79 Å². The predicted molar refractivity (Wildman–Crippen MR) is 110 cm³/mol. The van der Waals surface area contributed by atoms with Gasteiger partial charge >= 0.3 is 0 Å². The van der Waals surface area contributed by atoms with Crippen LogP contribution in [0, 0.1) is 5.82 Å². The average Bonchev–Trinajstić information content (AvgIpc) is 3.08. The monoisotopic (exact) mass is 434 g/mol. The highest BCUT2D eigenvalue weighted by Crippen LogP contribution is 2.28. The van der Waals surface area contributed by atoms with Crippen LogP contribution in [0.25, 0.3) is 0 Å². The lowest BCUT2D eigenvalue weighted by atomic mass is 10.2. The van der Waals surface area contributed by atoms with E-state index in [0.29, 0.717) is 28.3 Å². The summed E-state index contributed by atoms with van der Waals surface area (Å²) in [6.45, 7) is 2.20. The Bertz CT molecular complexity index is 981. The van der Waals surface area contributed by atoms with Gasteiger partial charge in [-0.25, -0.2) is 4.39 Å². The summed E-state index contributed by atoms with van der Waals surface area (Å²) < 4.78 is 20.6. The number of para-hydroxylation sites is 1. The van der Waals surface area contributed by atoms with Crippen LogP contribution in [0.1, 0.15) is 24.4 Å². The summed E-state index contributed by atoms with van der Waals surface area (Å²) >= 11 is 7.41. The lowest BCUT2D eigenvalue weighted by Crippen LogP contribution is -2.24. The number of nitrogens with zero attached hydrogens (tertiary/aromatic N) is 3. The number of hydrogen-bond donors (Lipinski definition) is 1. The van der Waals surface area contributed by atoms with E-state index in [1.54, 1.807) is 28.8 Å². The van der Waals surface area contributed by atoms with Crippen LogP contribution in [-0.2, 0) is 18.4 Å². The number of benzene rings is 2. The third-order valence-corrected chi connectivity index (χ3v) is 5.44. The molecule has 3 aromatic rings. The number of rotatable bonds is 8. The zero-order chi connectivity index (χ0) is 20.8. The maximum absolute atomic E-state index is 12.9. The summed E-state index contributed by atoms with van der Waals surface area (Å²) in [6, 6.07) is 13.2. The Kier molecular flexibility index (Phi) is 7.11. The quantitative estimate of drug-likeness (QED) is 0.539. The number of nitrogens with one attached hydrogen (secondary N) is 1. The molecule has 29 heavy (non-hydrogen) atoms. The molecular weight excluding hydrogens is 415 g/mol. The molecule has 0 saturated heterocycles. The smallest absolute Gasteiger partial charge is 0.230 e. The van der Waals surface area contributed by atoms with E-state index in [9.17, 15) is 9.18 Å². The first-order valence-corrected chi connectivity index (χ1v) is 10.2. The Morgan fingerprint density at radius 1 is 1.24 bits per heavy atom. The number of halogens is 2. The molecule has 0 saturated carbocycles. The van der Waals surface area contributed by atoms with E-state index in [2.05, 4.69) is 15.5 Å². The van der Waals surface area contributed by atoms with E-state index in [1.807, 2.05) is 26.1 Å². The molecule has 1 N–H and O–H groups in total. The summed E-state index contributed by atoms with van der Waals surface area (Å²) in [5.41, 5.74) is 0.830. The third-order valence-electron chi connectivity index (χ3n) is 4.11. The Morgan fingerprint density at radius 2 is 1.97 bits per heavy atom. The average molecular weight is 435 g/mol. The van der Waals surface area contributed by atoms with Gasteiger partial charge in [0.05, 0.1) is 10.8 Å². The number of hydrogen-bond acceptors (Lipinski definition) is 5. The van der Waals surface area contributed by atoms with Crippen molar-refractivity contribution in [2.75, 3.05) is 5.75 Å². The van der Waals surface area contributed by atoms with E-state index in [4.69, 9.17) is 16.3 Å². The molecule has 2 aromatic carbocycles. The first-order chi connectivity index (χ1) is 13.9. The molecule has 1 aromatic heterocycles. The number of thioether (sulfide) groups is 1. The summed E-state index contributed by atoms with van der Waals surface area (Å²) in [5, 5.41) is 12.2. The van der Waals surface area contributed by atoms with Crippen LogP contribution in [0.2, 0.25) is 5.02 Å². The van der Waals surface area contributed by atoms with Crippen molar-refractivity contribution in [3.8, 4) is 5.75 Å². The third kappa shape index (κ3) is 5.71. The Hall–Kier alpha value is -2.58. The van der Waals surface area contributed by atoms with Gasteiger partial charge in [0.1, 0.15) is 11.6 Å². The number of aromatic nitrogens is 3. The second kappa shape index (κ2) is 9.76. The highest BCUT2D eigenvalue weighted by Gasteiger charge is 2.18. The van der Waals surface area contributed by atoms with Crippen molar-refractivity contribution in [2.45, 2.75) is 24.7 Å². The normalized spacial score (nSPS) is 11.9. The molecule has 0 radical (unpaired) electrons. The number of carbonyl (C=O) groups is 1. The van der Waals surface area contributed by atoms with Crippen molar-refractivity contribution in [3.63, 3.8) is 0 Å². The van der Waals surface area contributed by atoms with E-state index in [0.717, 1.165) is 5.56 Å². The maximum atomic E-state index is 12.9. The van der Waals surface area contributed by atoms with Gasteiger partial charge in [-0.2, -0.15) is 0 Å². The summed E-state index contributed by atoms with van der Waals surface area (Å²) in [7, 11) is 1.82. The van der Waals surface area contributed by atoms with Crippen LogP contribution >= 0.6 is 23.4 Å². The fraction of sp³-hybridized carbons (Fsp3) is 0.250. The van der Waals surface area contributed by atoms with Crippen molar-refractivity contribution < 1.29 is 13.9 Å². The standard InChI is InChI=1S/C20H20ClFN4O2S/c1-13(28-17-6-4-3-5-16(17)21)19-24-25-20(26(19)2)29-12-18(27)23-11-14-7-9-15(22)10-8-14/h3-10,13H,11-12H2,1-2H3,(H,23,27). The zero-order valence-electron chi connectivity index (χ0n) is 15.9. The van der Waals surface area contributed by atoms with Gasteiger partial charge in [0.25, 0.3) is 0 Å². The zero-order valence-corrected chi connectivity index (χ0v) is 17.5. The molecule has 3 rings (SSSR count). The van der Waals surface area contributed by atoms with Crippen molar-refractivity contribution in [1.82, 2.24) is 20.1 Å². The molecule has 1 unspecified atom stereocenters. The van der Waals surface area contributed by atoms with E-state index < -0.39 is 0 Å². The molecule has 1 amide bonds. The molecular formula is C20H20ClFN4O2S. The van der Waals surface area contributed by atoms with Crippen LogP contribution < -0.4 is 10.1 Å². The fourth-order valence-corrected chi connectivity index (χ4v) is 3.50. The van der Waals surface area contributed by atoms with Gasteiger partial charge in [-0.1, -0.05) is 47.6 Å². The topological polar surface area (TPSA) is 69.0 Å². The molecule has 0 spiro atoms. The first-order valence-electron chi connectivity index (χ1n) is 8.88. The van der Waals surface area contributed by atoms with Gasteiger partial charge < -0.3 is 14.6 Å². The van der Waals surface area contributed by atoms with E-state index in [1.165, 1.54) is 23.9 Å². The van der Waals surface area contributed by atoms with Crippen LogP contribution in [0.15, 0.2) is 53.7 Å². The van der Waals surface area contributed by atoms with Gasteiger partial charge in [0.15, 0.2) is 17.1 Å². The minimum atomic E-state index is -0.367. The van der Waals surface area contributed by atoms with Gasteiger partial charge in [0.2, 0.25) is 5.91 Å². The largest absolute Gasteiger partial charge is 0.481 e. The van der Waals surface area contributed by atoms with Crippen LogP contribution in [0.5, 0.6) is 5.75 Å². The lowest BCUT2D eigenvalue weighted by molar-refractivity contribution is -0.118. The number of ether oxygens (including phenoxy) is 1. The first kappa shape index (κ1) is 21.1. The van der Waals surface area contributed by atoms with E-state index >= 15 is 0 Å². The molecule has 9 heteroatoms. The summed E-state index contributed by atoms with van der Waals surface area (Å²) in [5.74, 6) is 0.927. The SMILES string of the molecule is CC(Oc1ccccc1Cl)c1nnc(SCC(=O)NCc2ccc(F)cc2)n1C. The second-order valence-corrected chi connectivity index (χ2v) is 7.63.